The molecular formula is C16H18N2O3. The van der Waals surface area contributed by atoms with Gasteiger partial charge < -0.3 is 19.7 Å². The molecule has 2 N–H and O–H groups in total. The van der Waals surface area contributed by atoms with Crippen LogP contribution < -0.4 is 0 Å². The Hall–Kier alpha value is -2.11. The van der Waals surface area contributed by atoms with E-state index in [0.717, 1.165) is 5.56 Å². The van der Waals surface area contributed by atoms with Crippen LogP contribution in [-0.4, -0.2) is 50.9 Å². The zero-order chi connectivity index (χ0) is 14.8. The Kier molecular flexibility index (Phi) is 3.77. The number of nitrogens with zero attached hydrogens (tertiary/aromatic N) is 2. The summed E-state index contributed by atoms with van der Waals surface area (Å²) in [7, 11) is 0. The van der Waals surface area contributed by atoms with Crippen LogP contribution in [0, 0.1) is 0 Å². The van der Waals surface area contributed by atoms with Crippen LogP contribution in [0.25, 0.3) is 0 Å². The Balaban J connectivity index is 1.78. The molecule has 5 heteroatoms. The van der Waals surface area contributed by atoms with Gasteiger partial charge in [0.1, 0.15) is 5.69 Å². The first-order valence-corrected chi connectivity index (χ1v) is 6.99. The lowest BCUT2D eigenvalue weighted by Crippen LogP contribution is -2.31. The second-order valence-corrected chi connectivity index (χ2v) is 5.35. The summed E-state index contributed by atoms with van der Waals surface area (Å²) in [5.74, 6) is -0.161. The normalized spacial score (nSPS) is 21.7. The number of benzene rings is 1. The van der Waals surface area contributed by atoms with Crippen molar-refractivity contribution in [1.29, 1.82) is 0 Å². The molecular weight excluding hydrogens is 268 g/mol. The third kappa shape index (κ3) is 2.84. The lowest BCUT2D eigenvalue weighted by Gasteiger charge is -2.17. The van der Waals surface area contributed by atoms with Crippen LogP contribution in [0.4, 0.5) is 0 Å². The molecule has 1 amide bonds. The average Bonchev–Trinajstić information content (AvgIpc) is 3.07. The van der Waals surface area contributed by atoms with E-state index in [1.54, 1.807) is 6.07 Å². The first kappa shape index (κ1) is 13.9. The van der Waals surface area contributed by atoms with Gasteiger partial charge in [-0.25, -0.2) is 0 Å². The third-order valence-electron chi connectivity index (χ3n) is 3.79. The van der Waals surface area contributed by atoms with E-state index in [1.807, 2.05) is 47.2 Å². The SMILES string of the molecule is O=C(c1cccn1Cc1ccccc1)N1C[C@@H](O)[C@@H](O)C1. The Morgan fingerprint density at radius 2 is 1.71 bits per heavy atom. The van der Waals surface area contributed by atoms with E-state index >= 15 is 0 Å². The first-order valence-electron chi connectivity index (χ1n) is 6.99. The van der Waals surface area contributed by atoms with E-state index < -0.39 is 12.2 Å². The molecule has 0 aliphatic carbocycles. The fourth-order valence-corrected chi connectivity index (χ4v) is 2.62. The molecule has 21 heavy (non-hydrogen) atoms. The summed E-state index contributed by atoms with van der Waals surface area (Å²) in [6.45, 7) is 0.973. The molecule has 1 aromatic heterocycles. The van der Waals surface area contributed by atoms with Crippen LogP contribution in [0.15, 0.2) is 48.7 Å². The van der Waals surface area contributed by atoms with Crippen molar-refractivity contribution in [3.8, 4) is 0 Å². The van der Waals surface area contributed by atoms with Gasteiger partial charge in [0, 0.05) is 25.8 Å². The van der Waals surface area contributed by atoms with E-state index in [0.29, 0.717) is 12.2 Å². The number of hydrogen-bond acceptors (Lipinski definition) is 3. The van der Waals surface area contributed by atoms with Gasteiger partial charge >= 0.3 is 0 Å². The van der Waals surface area contributed by atoms with Gasteiger partial charge in [0.2, 0.25) is 0 Å². The number of β-amino-alcohol motifs (C(OH)–C–C–N with tert-alkyl or cyclic N) is 2. The van der Waals surface area contributed by atoms with E-state index in [-0.39, 0.29) is 19.0 Å². The van der Waals surface area contributed by atoms with Crippen molar-refractivity contribution in [3.63, 3.8) is 0 Å². The number of likely N-dealkylation sites (tertiary alicyclic amines) is 1. The Morgan fingerprint density at radius 3 is 2.38 bits per heavy atom. The van der Waals surface area contributed by atoms with Gasteiger partial charge in [-0.2, -0.15) is 0 Å². The largest absolute Gasteiger partial charge is 0.388 e. The van der Waals surface area contributed by atoms with Crippen molar-refractivity contribution in [2.45, 2.75) is 18.8 Å². The zero-order valence-electron chi connectivity index (χ0n) is 11.6. The molecule has 2 atom stereocenters. The molecule has 0 saturated carbocycles. The van der Waals surface area contributed by atoms with Gasteiger partial charge in [-0.1, -0.05) is 30.3 Å². The average molecular weight is 286 g/mol. The number of aliphatic hydroxyl groups excluding tert-OH is 2. The van der Waals surface area contributed by atoms with Gasteiger partial charge in [-0.15, -0.1) is 0 Å². The molecule has 1 aromatic carbocycles. The minimum absolute atomic E-state index is 0.161. The fraction of sp³-hybridized carbons (Fsp3) is 0.312. The molecule has 1 aliphatic heterocycles. The van der Waals surface area contributed by atoms with Gasteiger partial charge in [-0.05, 0) is 17.7 Å². The summed E-state index contributed by atoms with van der Waals surface area (Å²) in [5, 5.41) is 19.1. The Labute approximate surface area is 123 Å². The summed E-state index contributed by atoms with van der Waals surface area (Å²) in [4.78, 5) is 14.0. The van der Waals surface area contributed by atoms with Crippen LogP contribution in [0.5, 0.6) is 0 Å². The second-order valence-electron chi connectivity index (χ2n) is 5.35. The topological polar surface area (TPSA) is 65.7 Å². The summed E-state index contributed by atoms with van der Waals surface area (Å²) < 4.78 is 1.88. The van der Waals surface area contributed by atoms with Crippen molar-refractivity contribution < 1.29 is 15.0 Å². The number of amides is 1. The van der Waals surface area contributed by atoms with Crippen molar-refractivity contribution in [2.75, 3.05) is 13.1 Å². The maximum absolute atomic E-state index is 12.5. The molecule has 0 unspecified atom stereocenters. The molecule has 1 saturated heterocycles. The van der Waals surface area contributed by atoms with Crippen molar-refractivity contribution in [2.24, 2.45) is 0 Å². The first-order chi connectivity index (χ1) is 10.1. The molecule has 2 aromatic rings. The van der Waals surface area contributed by atoms with Gasteiger partial charge in [0.25, 0.3) is 5.91 Å². The maximum atomic E-state index is 12.5. The Morgan fingerprint density at radius 1 is 1.05 bits per heavy atom. The summed E-state index contributed by atoms with van der Waals surface area (Å²) in [6.07, 6.45) is 0.154. The smallest absolute Gasteiger partial charge is 0.270 e. The minimum Gasteiger partial charge on any atom is -0.388 e. The number of hydrogen-bond donors (Lipinski definition) is 2. The molecule has 2 heterocycles. The number of carbonyl (C=O) groups is 1. The van der Waals surface area contributed by atoms with Crippen molar-refractivity contribution in [1.82, 2.24) is 9.47 Å². The molecule has 0 bridgehead atoms. The third-order valence-corrected chi connectivity index (χ3v) is 3.79. The predicted octanol–water partition coefficient (Wildman–Crippen LogP) is 0.714. The van der Waals surface area contributed by atoms with E-state index in [9.17, 15) is 15.0 Å². The maximum Gasteiger partial charge on any atom is 0.270 e. The molecule has 1 aliphatic rings. The highest BCUT2D eigenvalue weighted by Gasteiger charge is 2.33. The standard InChI is InChI=1S/C16H18N2O3/c19-14-10-18(11-15(14)20)16(21)13-7-4-8-17(13)9-12-5-2-1-3-6-12/h1-8,14-15,19-20H,9-11H2/t14-,15+. The summed E-state index contributed by atoms with van der Waals surface area (Å²) >= 11 is 0. The molecule has 110 valence electrons. The number of carbonyl (C=O) groups excluding carboxylic acids is 1. The highest BCUT2D eigenvalue weighted by Crippen LogP contribution is 2.16. The number of rotatable bonds is 3. The van der Waals surface area contributed by atoms with Crippen molar-refractivity contribution >= 4 is 5.91 Å². The van der Waals surface area contributed by atoms with E-state index in [2.05, 4.69) is 0 Å². The lowest BCUT2D eigenvalue weighted by molar-refractivity contribution is 0.0572. The number of aliphatic hydroxyl groups is 2. The fourth-order valence-electron chi connectivity index (χ4n) is 2.62. The Bertz CT molecular complexity index is 613. The highest BCUT2D eigenvalue weighted by molar-refractivity contribution is 5.93. The molecule has 1 fully saturated rings. The molecule has 3 rings (SSSR count). The monoisotopic (exact) mass is 286 g/mol. The quantitative estimate of drug-likeness (QED) is 0.873. The summed E-state index contributed by atoms with van der Waals surface area (Å²) in [6, 6.07) is 13.5. The molecule has 0 spiro atoms. The van der Waals surface area contributed by atoms with Gasteiger partial charge in [0.05, 0.1) is 12.2 Å². The van der Waals surface area contributed by atoms with E-state index in [4.69, 9.17) is 0 Å². The van der Waals surface area contributed by atoms with Crippen LogP contribution in [-0.2, 0) is 6.54 Å². The predicted molar refractivity (Wildman–Crippen MR) is 77.9 cm³/mol. The van der Waals surface area contributed by atoms with Crippen LogP contribution >= 0.6 is 0 Å². The summed E-state index contributed by atoms with van der Waals surface area (Å²) in [5.41, 5.74) is 1.68. The minimum atomic E-state index is -0.855. The van der Waals surface area contributed by atoms with Crippen LogP contribution in [0.2, 0.25) is 0 Å². The number of aromatic nitrogens is 1. The zero-order valence-corrected chi connectivity index (χ0v) is 11.6. The molecule has 5 nitrogen and oxygen atoms in total. The van der Waals surface area contributed by atoms with Crippen LogP contribution in [0.3, 0.4) is 0 Å². The highest BCUT2D eigenvalue weighted by atomic mass is 16.3. The second kappa shape index (κ2) is 5.71. The van der Waals surface area contributed by atoms with Crippen LogP contribution in [0.1, 0.15) is 16.1 Å². The van der Waals surface area contributed by atoms with Crippen molar-refractivity contribution in [3.05, 3.63) is 59.9 Å². The molecule has 0 radical (unpaired) electrons. The van der Waals surface area contributed by atoms with E-state index in [1.165, 1.54) is 4.90 Å². The lowest BCUT2D eigenvalue weighted by atomic mass is 10.2. The van der Waals surface area contributed by atoms with Gasteiger partial charge in [0.15, 0.2) is 0 Å². The van der Waals surface area contributed by atoms with Gasteiger partial charge in [-0.3, -0.25) is 4.79 Å².